The normalized spacial score (nSPS) is 15.7. The number of nitrogens with zero attached hydrogens (tertiary/aromatic N) is 4. The number of carboxylic acids is 2. The zero-order valence-corrected chi connectivity index (χ0v) is 37.7. The lowest BCUT2D eigenvalue weighted by Gasteiger charge is -2.36. The van der Waals surface area contributed by atoms with E-state index in [1.54, 1.807) is 50.5 Å². The van der Waals surface area contributed by atoms with Gasteiger partial charge in [0, 0.05) is 42.8 Å². The molecule has 2 amide bonds. The van der Waals surface area contributed by atoms with Gasteiger partial charge >= 0.3 is 11.9 Å². The van der Waals surface area contributed by atoms with E-state index in [0.29, 0.717) is 42.9 Å². The highest BCUT2D eigenvalue weighted by molar-refractivity contribution is 5.82. The van der Waals surface area contributed by atoms with Crippen molar-refractivity contribution in [2.75, 3.05) is 24.7 Å². The van der Waals surface area contributed by atoms with Crippen molar-refractivity contribution in [2.24, 2.45) is 5.92 Å². The lowest BCUT2D eigenvalue weighted by atomic mass is 9.89. The van der Waals surface area contributed by atoms with E-state index in [9.17, 15) is 39.0 Å². The molecule has 15 heteroatoms. The number of aliphatic carboxylic acids is 2. The minimum Gasteiger partial charge on any atom is -0.481 e. The van der Waals surface area contributed by atoms with Crippen LogP contribution in [0.25, 0.3) is 11.1 Å². The number of amides is 2. The quantitative estimate of drug-likeness (QED) is 0.0804. The molecule has 5 aromatic rings. The summed E-state index contributed by atoms with van der Waals surface area (Å²) in [7, 11) is 0. The lowest BCUT2D eigenvalue weighted by Crippen LogP contribution is -2.44. The summed E-state index contributed by atoms with van der Waals surface area (Å²) in [5.41, 5.74) is 6.91. The van der Waals surface area contributed by atoms with E-state index in [1.165, 1.54) is 21.4 Å². The Labute approximate surface area is 378 Å². The van der Waals surface area contributed by atoms with Gasteiger partial charge in [0.2, 0.25) is 11.8 Å². The van der Waals surface area contributed by atoms with E-state index in [2.05, 4.69) is 20.5 Å². The Morgan fingerprint density at radius 3 is 2.29 bits per heavy atom. The summed E-state index contributed by atoms with van der Waals surface area (Å²) in [6.07, 6.45) is 4.71. The van der Waals surface area contributed by atoms with E-state index in [0.717, 1.165) is 39.2 Å². The number of aryl methyl sites for hydroxylation is 4. The number of morpholine rings is 1. The summed E-state index contributed by atoms with van der Waals surface area (Å²) < 4.78 is 8.32. The molecule has 2 unspecified atom stereocenters. The topological polar surface area (TPSA) is 202 Å². The van der Waals surface area contributed by atoms with Gasteiger partial charge in [-0.3, -0.25) is 33.8 Å². The predicted octanol–water partition coefficient (Wildman–Crippen LogP) is 6.01. The fourth-order valence-electron chi connectivity index (χ4n) is 8.49. The van der Waals surface area contributed by atoms with E-state index >= 15 is 0 Å². The summed E-state index contributed by atoms with van der Waals surface area (Å²) in [4.78, 5) is 84.7. The SMILES string of the molecule is Cc1ccn(C(CC(C)Cc2ccc(C)c(-c3cccc([C@H](CC(=O)O)NC(=O)Cn4cccc(C)c4=O)c3)c2)C(=O)N[C@H](CC(=O)O)c2cnc(C)c(N3CCOC[C@@H]3C)c2)c(=O)c1. The first-order valence-corrected chi connectivity index (χ1v) is 21.9. The van der Waals surface area contributed by atoms with Gasteiger partial charge in [0.05, 0.1) is 49.5 Å². The average Bonchev–Trinajstić information content (AvgIpc) is 3.25. The number of rotatable bonds is 18. The molecule has 65 heavy (non-hydrogen) atoms. The molecule has 1 aliphatic rings. The number of ether oxygens (including phenoxy) is 1. The Balaban J connectivity index is 1.23. The van der Waals surface area contributed by atoms with Crippen LogP contribution in [0.5, 0.6) is 0 Å². The molecule has 0 spiro atoms. The van der Waals surface area contributed by atoms with Crippen LogP contribution in [0.3, 0.4) is 0 Å². The second kappa shape index (κ2) is 21.2. The fourth-order valence-corrected chi connectivity index (χ4v) is 8.49. The Kier molecular flexibility index (Phi) is 15.5. The van der Waals surface area contributed by atoms with Crippen LogP contribution in [0.15, 0.2) is 101 Å². The molecule has 4 N–H and O–H groups in total. The van der Waals surface area contributed by atoms with Crippen molar-refractivity contribution in [3.8, 4) is 11.1 Å². The number of nitrogens with one attached hydrogen (secondary N) is 2. The van der Waals surface area contributed by atoms with Crippen molar-refractivity contribution in [3.63, 3.8) is 0 Å². The molecule has 1 fully saturated rings. The molecule has 0 radical (unpaired) electrons. The molecule has 1 saturated heterocycles. The molecule has 0 bridgehead atoms. The number of hydrogen-bond acceptors (Lipinski definition) is 9. The van der Waals surface area contributed by atoms with Crippen molar-refractivity contribution < 1.29 is 34.1 Å². The summed E-state index contributed by atoms with van der Waals surface area (Å²) >= 11 is 0. The summed E-state index contributed by atoms with van der Waals surface area (Å²) in [6.45, 7) is 12.8. The molecular weight excluding hydrogens is 829 g/mol. The molecule has 4 heterocycles. The van der Waals surface area contributed by atoms with Gasteiger partial charge in [-0.15, -0.1) is 0 Å². The molecule has 2 aromatic carbocycles. The summed E-state index contributed by atoms with van der Waals surface area (Å²) in [5, 5.41) is 25.6. The van der Waals surface area contributed by atoms with E-state index in [1.807, 2.05) is 70.2 Å². The van der Waals surface area contributed by atoms with Gasteiger partial charge in [-0.05, 0) is 117 Å². The van der Waals surface area contributed by atoms with Crippen LogP contribution in [-0.2, 0) is 36.9 Å². The predicted molar refractivity (Wildman–Crippen MR) is 247 cm³/mol. The van der Waals surface area contributed by atoms with Gasteiger partial charge in [-0.1, -0.05) is 49.4 Å². The smallest absolute Gasteiger partial charge is 0.305 e. The molecule has 6 rings (SSSR count). The minimum absolute atomic E-state index is 0.0708. The number of pyridine rings is 3. The van der Waals surface area contributed by atoms with E-state index < -0.39 is 48.3 Å². The number of carbonyl (C=O) groups excluding carboxylic acids is 2. The summed E-state index contributed by atoms with van der Waals surface area (Å²) in [6, 6.07) is 19.1. The monoisotopic (exact) mass is 886 g/mol. The largest absolute Gasteiger partial charge is 0.481 e. The molecule has 0 saturated carbocycles. The van der Waals surface area contributed by atoms with Crippen LogP contribution >= 0.6 is 0 Å². The van der Waals surface area contributed by atoms with Crippen LogP contribution in [0.1, 0.15) is 90.3 Å². The Morgan fingerprint density at radius 2 is 1.58 bits per heavy atom. The lowest BCUT2D eigenvalue weighted by molar-refractivity contribution is -0.139. The van der Waals surface area contributed by atoms with Gasteiger partial charge < -0.3 is 39.6 Å². The average molecular weight is 887 g/mol. The highest BCUT2D eigenvalue weighted by Crippen LogP contribution is 2.32. The number of anilines is 1. The Morgan fingerprint density at radius 1 is 0.846 bits per heavy atom. The second-order valence-corrected chi connectivity index (χ2v) is 17.3. The van der Waals surface area contributed by atoms with Crippen molar-refractivity contribution in [3.05, 3.63) is 151 Å². The fraction of sp³-hybridized carbons (Fsp3) is 0.380. The number of carbonyl (C=O) groups is 4. The van der Waals surface area contributed by atoms with Crippen LogP contribution in [0, 0.1) is 33.6 Å². The molecule has 15 nitrogen and oxygen atoms in total. The number of aromatic nitrogens is 3. The third kappa shape index (κ3) is 12.2. The zero-order chi connectivity index (χ0) is 46.9. The first-order valence-electron chi connectivity index (χ1n) is 21.9. The Bertz CT molecular complexity index is 2670. The van der Waals surface area contributed by atoms with Crippen molar-refractivity contribution in [1.82, 2.24) is 24.8 Å². The zero-order valence-electron chi connectivity index (χ0n) is 37.7. The van der Waals surface area contributed by atoms with Crippen molar-refractivity contribution >= 4 is 29.4 Å². The Hall–Kier alpha value is -6.87. The molecule has 3 aromatic heterocycles. The molecular formula is C50H58N6O9. The van der Waals surface area contributed by atoms with Gasteiger partial charge in [0.25, 0.3) is 11.1 Å². The molecule has 342 valence electrons. The second-order valence-electron chi connectivity index (χ2n) is 17.3. The van der Waals surface area contributed by atoms with E-state index in [-0.39, 0.29) is 42.5 Å². The van der Waals surface area contributed by atoms with Gasteiger partial charge in [0.15, 0.2) is 0 Å². The van der Waals surface area contributed by atoms with Crippen LogP contribution in [0.2, 0.25) is 0 Å². The number of hydrogen-bond donors (Lipinski definition) is 4. The van der Waals surface area contributed by atoms with Crippen LogP contribution in [-0.4, -0.2) is 73.9 Å². The third-order valence-electron chi connectivity index (χ3n) is 11.9. The highest BCUT2D eigenvalue weighted by Gasteiger charge is 2.30. The maximum absolute atomic E-state index is 14.5. The van der Waals surface area contributed by atoms with E-state index in [4.69, 9.17) is 4.74 Å². The maximum atomic E-state index is 14.5. The van der Waals surface area contributed by atoms with Gasteiger partial charge in [-0.25, -0.2) is 0 Å². The summed E-state index contributed by atoms with van der Waals surface area (Å²) in [5.74, 6) is -3.35. The standard InChI is InChI=1S/C50H58N6O9/c1-30-14-16-56(46(58)21-30)44(49(63)53-42(26-48(61)62)39-24-43(35(6)51-27-39)55-17-18-65-29-34(55)5)20-31(2)19-36-13-12-32(3)40(22-36)37-10-7-11-38(23-37)41(25-47(59)60)52-45(57)28-54-15-8-9-33(4)50(54)64/h7-16,21-24,27,31,34,41-42,44H,17-20,25-26,28-29H2,1-6H3,(H,52,57)(H,53,63)(H,59,60)(H,61,62)/t31?,34-,41-,42+,44?/m0/s1. The first kappa shape index (κ1) is 47.6. The molecule has 1 aliphatic heterocycles. The molecule has 5 atom stereocenters. The van der Waals surface area contributed by atoms with Crippen molar-refractivity contribution in [1.29, 1.82) is 0 Å². The van der Waals surface area contributed by atoms with Gasteiger partial charge in [0.1, 0.15) is 12.6 Å². The van der Waals surface area contributed by atoms with Crippen LogP contribution < -0.4 is 26.7 Å². The number of benzene rings is 2. The van der Waals surface area contributed by atoms with Gasteiger partial charge in [-0.2, -0.15) is 0 Å². The first-order chi connectivity index (χ1) is 31.0. The molecule has 0 aliphatic carbocycles. The third-order valence-corrected chi connectivity index (χ3v) is 11.9. The van der Waals surface area contributed by atoms with Crippen LogP contribution in [0.4, 0.5) is 5.69 Å². The number of carboxylic acid groups (broad SMARTS) is 2. The maximum Gasteiger partial charge on any atom is 0.305 e. The van der Waals surface area contributed by atoms with Crippen molar-refractivity contribution in [2.45, 2.75) is 97.9 Å². The highest BCUT2D eigenvalue weighted by atomic mass is 16.5. The minimum atomic E-state index is -1.10.